The van der Waals surface area contributed by atoms with Gasteiger partial charge in [-0.25, -0.2) is 4.79 Å². The van der Waals surface area contributed by atoms with Crippen LogP contribution in [0.25, 0.3) is 12.8 Å². The van der Waals surface area contributed by atoms with Gasteiger partial charge >= 0.3 is 5.97 Å². The molecule has 0 heterocycles. The molecule has 0 aliphatic heterocycles. The summed E-state index contributed by atoms with van der Waals surface area (Å²) in [7, 11) is 0. The van der Waals surface area contributed by atoms with E-state index in [-0.39, 0.29) is 22.3 Å². The van der Waals surface area contributed by atoms with E-state index in [1.165, 1.54) is 12.1 Å². The fraction of sp³-hybridized carbons (Fsp3) is 0.273. The number of carbonyl (C=O) groups excluding carboxylic acids is 2. The molecular weight excluding hydrogens is 429 g/mol. The SMILES string of the molecule is C=c1c(C)c(O)c(=COC(=O)c2ccc(N(CCCl)CCCl)c(C=O)c2)c(C)c1O. The second-order valence-corrected chi connectivity index (χ2v) is 7.37. The van der Waals surface area contributed by atoms with Crippen LogP contribution in [0, 0.1) is 13.8 Å². The lowest BCUT2D eigenvalue weighted by atomic mass is 10.1. The number of halogens is 2. The van der Waals surface area contributed by atoms with E-state index in [1.54, 1.807) is 19.9 Å². The second kappa shape index (κ2) is 10.4. The number of esters is 1. The van der Waals surface area contributed by atoms with Gasteiger partial charge in [0, 0.05) is 52.4 Å². The molecule has 160 valence electrons. The minimum atomic E-state index is -0.722. The number of aromatic hydroxyl groups is 2. The molecule has 0 spiro atoms. The van der Waals surface area contributed by atoms with Gasteiger partial charge in [0.15, 0.2) is 6.29 Å². The number of hydrogen-bond acceptors (Lipinski definition) is 6. The lowest BCUT2D eigenvalue weighted by Gasteiger charge is -2.24. The molecule has 0 atom stereocenters. The zero-order valence-electron chi connectivity index (χ0n) is 16.7. The Morgan fingerprint density at radius 1 is 1.13 bits per heavy atom. The van der Waals surface area contributed by atoms with Gasteiger partial charge in [-0.2, -0.15) is 0 Å². The van der Waals surface area contributed by atoms with Crippen LogP contribution in [-0.4, -0.2) is 47.3 Å². The van der Waals surface area contributed by atoms with Crippen LogP contribution in [0.5, 0.6) is 11.5 Å². The summed E-state index contributed by atoms with van der Waals surface area (Å²) in [6.07, 6.45) is 1.72. The fourth-order valence-corrected chi connectivity index (χ4v) is 3.41. The highest BCUT2D eigenvalue weighted by Gasteiger charge is 2.15. The Morgan fingerprint density at radius 2 is 1.77 bits per heavy atom. The van der Waals surface area contributed by atoms with Gasteiger partial charge in [-0.15, -0.1) is 23.2 Å². The number of phenols is 2. The van der Waals surface area contributed by atoms with Crippen molar-refractivity contribution in [2.75, 3.05) is 29.7 Å². The summed E-state index contributed by atoms with van der Waals surface area (Å²) in [6, 6.07) is 4.58. The zero-order chi connectivity index (χ0) is 22.4. The van der Waals surface area contributed by atoms with Crippen molar-refractivity contribution in [2.24, 2.45) is 0 Å². The molecule has 0 unspecified atom stereocenters. The van der Waals surface area contributed by atoms with Gasteiger partial charge in [-0.1, -0.05) is 6.58 Å². The Hall–Kier alpha value is -2.70. The molecule has 8 heteroatoms. The van der Waals surface area contributed by atoms with E-state index in [1.807, 2.05) is 4.90 Å². The van der Waals surface area contributed by atoms with Crippen molar-refractivity contribution in [3.05, 3.63) is 50.9 Å². The number of aldehydes is 1. The molecule has 2 N–H and O–H groups in total. The molecule has 0 fully saturated rings. The van der Waals surface area contributed by atoms with Crippen LogP contribution in [0.4, 0.5) is 5.69 Å². The van der Waals surface area contributed by atoms with E-state index in [2.05, 4.69) is 6.58 Å². The summed E-state index contributed by atoms with van der Waals surface area (Å²) in [5.41, 5.74) is 1.78. The van der Waals surface area contributed by atoms with Gasteiger partial charge in [0.25, 0.3) is 0 Å². The van der Waals surface area contributed by atoms with Crippen molar-refractivity contribution in [2.45, 2.75) is 13.8 Å². The van der Waals surface area contributed by atoms with Crippen molar-refractivity contribution < 1.29 is 24.5 Å². The Balaban J connectivity index is 2.38. The van der Waals surface area contributed by atoms with Crippen LogP contribution in [0.15, 0.2) is 18.2 Å². The summed E-state index contributed by atoms with van der Waals surface area (Å²) < 4.78 is 5.19. The van der Waals surface area contributed by atoms with Crippen LogP contribution in [-0.2, 0) is 4.74 Å². The summed E-state index contributed by atoms with van der Waals surface area (Å²) in [4.78, 5) is 25.9. The van der Waals surface area contributed by atoms with Crippen molar-refractivity contribution in [3.63, 3.8) is 0 Å². The average molecular weight is 452 g/mol. The average Bonchev–Trinajstić information content (AvgIpc) is 2.75. The zero-order valence-corrected chi connectivity index (χ0v) is 18.3. The third-order valence-electron chi connectivity index (χ3n) is 4.83. The lowest BCUT2D eigenvalue weighted by molar-refractivity contribution is 0.0705. The van der Waals surface area contributed by atoms with E-state index in [0.717, 1.165) is 6.26 Å². The number of benzene rings is 2. The van der Waals surface area contributed by atoms with Crippen molar-refractivity contribution in [1.29, 1.82) is 0 Å². The predicted molar refractivity (Wildman–Crippen MR) is 119 cm³/mol. The highest BCUT2D eigenvalue weighted by molar-refractivity contribution is 6.18. The van der Waals surface area contributed by atoms with E-state index in [4.69, 9.17) is 27.9 Å². The van der Waals surface area contributed by atoms with Gasteiger partial charge < -0.3 is 19.8 Å². The number of hydrogen-bond donors (Lipinski definition) is 2. The predicted octanol–water partition coefficient (Wildman–Crippen LogP) is 2.82. The summed E-state index contributed by atoms with van der Waals surface area (Å²) >= 11 is 11.6. The smallest absolute Gasteiger partial charge is 0.342 e. The molecule has 30 heavy (non-hydrogen) atoms. The maximum atomic E-state index is 12.5. The maximum Gasteiger partial charge on any atom is 0.342 e. The summed E-state index contributed by atoms with van der Waals surface area (Å²) in [6.45, 7) is 7.87. The summed E-state index contributed by atoms with van der Waals surface area (Å²) in [5.74, 6) is -0.228. The topological polar surface area (TPSA) is 87.1 Å². The largest absolute Gasteiger partial charge is 0.507 e. The van der Waals surface area contributed by atoms with E-state index >= 15 is 0 Å². The second-order valence-electron chi connectivity index (χ2n) is 6.62. The van der Waals surface area contributed by atoms with Crippen LogP contribution in [0.2, 0.25) is 0 Å². The van der Waals surface area contributed by atoms with E-state index in [0.29, 0.717) is 58.7 Å². The monoisotopic (exact) mass is 451 g/mol. The quantitative estimate of drug-likeness (QED) is 0.277. The first-order valence-electron chi connectivity index (χ1n) is 9.14. The molecular formula is C22H23Cl2NO5. The minimum Gasteiger partial charge on any atom is -0.507 e. The van der Waals surface area contributed by atoms with E-state index in [9.17, 15) is 19.8 Å². The van der Waals surface area contributed by atoms with Gasteiger partial charge in [0.1, 0.15) is 17.8 Å². The van der Waals surface area contributed by atoms with Crippen LogP contribution >= 0.6 is 23.2 Å². The highest BCUT2D eigenvalue weighted by atomic mass is 35.5. The minimum absolute atomic E-state index is 0.0844. The number of nitrogens with zero attached hydrogens (tertiary/aromatic N) is 1. The molecule has 0 amide bonds. The normalized spacial score (nSPS) is 11.4. The van der Waals surface area contributed by atoms with Crippen molar-refractivity contribution in [1.82, 2.24) is 0 Å². The molecule has 6 nitrogen and oxygen atoms in total. The Kier molecular flexibility index (Phi) is 8.15. The Labute approximate surface area is 184 Å². The third kappa shape index (κ3) is 4.89. The molecule has 0 aliphatic carbocycles. The van der Waals surface area contributed by atoms with Gasteiger partial charge in [-0.05, 0) is 32.0 Å². The van der Waals surface area contributed by atoms with E-state index < -0.39 is 5.97 Å². The molecule has 0 radical (unpaired) electrons. The van der Waals surface area contributed by atoms with Gasteiger partial charge in [0.05, 0.1) is 10.8 Å². The van der Waals surface area contributed by atoms with Gasteiger partial charge in [0.2, 0.25) is 0 Å². The molecule has 2 aromatic rings. The van der Waals surface area contributed by atoms with Crippen molar-refractivity contribution >= 4 is 54.0 Å². The third-order valence-corrected chi connectivity index (χ3v) is 5.17. The first-order valence-corrected chi connectivity index (χ1v) is 10.2. The number of alkyl halides is 2. The number of phenolic OH excluding ortho intramolecular Hbond substituents is 2. The number of rotatable bonds is 8. The van der Waals surface area contributed by atoms with Crippen LogP contribution < -0.4 is 15.3 Å². The summed E-state index contributed by atoms with van der Waals surface area (Å²) in [5, 5.41) is 20.9. The molecule has 0 aromatic heterocycles. The first-order chi connectivity index (χ1) is 14.3. The maximum absolute atomic E-state index is 12.5. The molecule has 0 saturated carbocycles. The Bertz CT molecular complexity index is 1030. The molecule has 2 rings (SSSR count). The number of ether oxygens (including phenoxy) is 1. The van der Waals surface area contributed by atoms with Gasteiger partial charge in [-0.3, -0.25) is 4.79 Å². The van der Waals surface area contributed by atoms with Crippen molar-refractivity contribution in [3.8, 4) is 11.5 Å². The van der Waals surface area contributed by atoms with Crippen LogP contribution in [0.3, 0.4) is 0 Å². The number of carbonyl (C=O) groups is 2. The highest BCUT2D eigenvalue weighted by Crippen LogP contribution is 2.22. The number of anilines is 1. The molecule has 2 aromatic carbocycles. The molecule has 0 aliphatic rings. The molecule has 0 saturated heterocycles. The lowest BCUT2D eigenvalue weighted by Crippen LogP contribution is -2.28. The fourth-order valence-electron chi connectivity index (χ4n) is 3.00. The molecule has 0 bridgehead atoms. The van der Waals surface area contributed by atoms with Crippen LogP contribution in [0.1, 0.15) is 31.8 Å². The standard InChI is InChI=1S/C22H23Cl2NO5/c1-13-14(2)21(28)18(15(3)20(13)27)12-30-22(29)16-4-5-19(17(10-16)11-26)25(8-6-23)9-7-24/h4-5,10-12,27-28H,1,6-9H2,2-3H3. The Morgan fingerprint density at radius 3 is 2.33 bits per heavy atom. The first kappa shape index (κ1) is 23.6.